The summed E-state index contributed by atoms with van der Waals surface area (Å²) in [6.45, 7) is 0. The Balaban J connectivity index is 1.56. The highest BCUT2D eigenvalue weighted by Gasteiger charge is 2.17. The van der Waals surface area contributed by atoms with Crippen LogP contribution in [-0.4, -0.2) is 16.3 Å². The molecule has 0 bridgehead atoms. The van der Waals surface area contributed by atoms with Gasteiger partial charge in [-0.3, -0.25) is 9.98 Å². The second-order valence-electron chi connectivity index (χ2n) is 9.23. The van der Waals surface area contributed by atoms with Gasteiger partial charge in [-0.1, -0.05) is 115 Å². The summed E-state index contributed by atoms with van der Waals surface area (Å²) in [4.78, 5) is 9.24. The van der Waals surface area contributed by atoms with Crippen LogP contribution < -0.4 is 0 Å². The lowest BCUT2D eigenvalue weighted by atomic mass is 9.85. The van der Waals surface area contributed by atoms with Gasteiger partial charge in [-0.2, -0.15) is 0 Å². The molecule has 6 aromatic rings. The van der Waals surface area contributed by atoms with Crippen molar-refractivity contribution in [3.63, 3.8) is 0 Å². The third-order valence-electron chi connectivity index (χ3n) is 6.71. The maximum Gasteiger partial charge on any atom is 0.124 e. The maximum absolute atomic E-state index is 10.8. The molecule has 39 heavy (non-hydrogen) atoms. The molecule has 0 saturated carbocycles. The zero-order valence-corrected chi connectivity index (χ0v) is 21.3. The monoisotopic (exact) mass is 502 g/mol. The summed E-state index contributed by atoms with van der Waals surface area (Å²) in [5.74, 6) is 0.170. The molecule has 1 aromatic heterocycles. The minimum Gasteiger partial charge on any atom is -0.507 e. The second-order valence-corrected chi connectivity index (χ2v) is 9.23. The summed E-state index contributed by atoms with van der Waals surface area (Å²) in [6, 6.07) is 46.9. The normalized spacial score (nSPS) is 11.1. The average Bonchev–Trinajstić information content (AvgIpc) is 3.01. The predicted molar refractivity (Wildman–Crippen MR) is 161 cm³/mol. The Hall–Kier alpha value is -5.28. The van der Waals surface area contributed by atoms with Gasteiger partial charge in [0.2, 0.25) is 0 Å². The lowest BCUT2D eigenvalue weighted by Gasteiger charge is -2.18. The van der Waals surface area contributed by atoms with E-state index in [4.69, 9.17) is 4.99 Å². The molecule has 0 amide bonds. The van der Waals surface area contributed by atoms with Crippen LogP contribution in [0.3, 0.4) is 0 Å². The molecular formula is C36H26N2O. The SMILES string of the molecule is Oc1ccc(C(=C(c2ccccc2)c2ccccc2)c2ccccc2)cc1C=Nc1cccc2cccnc12. The molecule has 1 N–H and O–H groups in total. The first-order chi connectivity index (χ1) is 19.3. The van der Waals surface area contributed by atoms with Crippen LogP contribution in [0.15, 0.2) is 151 Å². The Morgan fingerprint density at radius 3 is 1.74 bits per heavy atom. The highest BCUT2D eigenvalue weighted by atomic mass is 16.3. The zero-order valence-electron chi connectivity index (χ0n) is 21.3. The average molecular weight is 503 g/mol. The van der Waals surface area contributed by atoms with Crippen LogP contribution in [0.4, 0.5) is 5.69 Å². The van der Waals surface area contributed by atoms with E-state index in [9.17, 15) is 5.11 Å². The molecule has 0 fully saturated rings. The number of benzene rings is 5. The van der Waals surface area contributed by atoms with Crippen LogP contribution in [0.5, 0.6) is 5.75 Å². The van der Waals surface area contributed by atoms with E-state index < -0.39 is 0 Å². The maximum atomic E-state index is 10.8. The van der Waals surface area contributed by atoms with Gasteiger partial charge in [0.1, 0.15) is 5.75 Å². The number of para-hydroxylation sites is 1. The fourth-order valence-electron chi connectivity index (χ4n) is 4.87. The number of aliphatic imine (C=N–C) groups is 1. The molecule has 0 aliphatic heterocycles. The fraction of sp³-hybridized carbons (Fsp3) is 0. The molecule has 0 atom stereocenters. The van der Waals surface area contributed by atoms with E-state index in [-0.39, 0.29) is 5.75 Å². The minimum atomic E-state index is 0.170. The number of pyridine rings is 1. The van der Waals surface area contributed by atoms with E-state index in [2.05, 4.69) is 77.8 Å². The third-order valence-corrected chi connectivity index (χ3v) is 6.71. The Labute approximate surface area is 228 Å². The van der Waals surface area contributed by atoms with Crippen molar-refractivity contribution in [3.8, 4) is 5.75 Å². The van der Waals surface area contributed by atoms with E-state index >= 15 is 0 Å². The van der Waals surface area contributed by atoms with Crippen molar-refractivity contribution in [1.82, 2.24) is 4.98 Å². The van der Waals surface area contributed by atoms with Gasteiger partial charge in [0.15, 0.2) is 0 Å². The first-order valence-electron chi connectivity index (χ1n) is 12.9. The molecule has 1 heterocycles. The van der Waals surface area contributed by atoms with E-state index in [1.807, 2.05) is 60.7 Å². The highest BCUT2D eigenvalue weighted by molar-refractivity contribution is 6.05. The zero-order chi connectivity index (χ0) is 26.4. The van der Waals surface area contributed by atoms with Crippen molar-refractivity contribution in [2.45, 2.75) is 0 Å². The van der Waals surface area contributed by atoms with Crippen LogP contribution in [0.25, 0.3) is 22.0 Å². The smallest absolute Gasteiger partial charge is 0.124 e. The number of hydrogen-bond acceptors (Lipinski definition) is 3. The van der Waals surface area contributed by atoms with Crippen LogP contribution in [0, 0.1) is 0 Å². The molecule has 0 spiro atoms. The molecule has 0 aliphatic carbocycles. The van der Waals surface area contributed by atoms with Crippen molar-refractivity contribution in [3.05, 3.63) is 174 Å². The highest BCUT2D eigenvalue weighted by Crippen LogP contribution is 2.38. The summed E-state index contributed by atoms with van der Waals surface area (Å²) < 4.78 is 0. The Morgan fingerprint density at radius 1 is 0.564 bits per heavy atom. The Bertz CT molecular complexity index is 1740. The van der Waals surface area contributed by atoms with Gasteiger partial charge in [0.05, 0.1) is 11.2 Å². The van der Waals surface area contributed by atoms with E-state index in [1.165, 1.54) is 0 Å². The summed E-state index contributed by atoms with van der Waals surface area (Å²) >= 11 is 0. The number of fused-ring (bicyclic) bond motifs is 1. The summed E-state index contributed by atoms with van der Waals surface area (Å²) in [6.07, 6.45) is 3.49. The largest absolute Gasteiger partial charge is 0.507 e. The molecule has 0 unspecified atom stereocenters. The standard InChI is InChI=1S/C36H26N2O/c39-33-22-21-30(24-31(33)25-38-32-20-10-18-29-19-11-23-37-36(29)32)35(28-16-8-3-9-17-28)34(26-12-4-1-5-13-26)27-14-6-2-7-15-27/h1-25,39H. The lowest BCUT2D eigenvalue weighted by molar-refractivity contribution is 0.474. The quantitative estimate of drug-likeness (QED) is 0.183. The van der Waals surface area contributed by atoms with Crippen molar-refractivity contribution in [2.75, 3.05) is 0 Å². The van der Waals surface area contributed by atoms with Crippen LogP contribution in [0.2, 0.25) is 0 Å². The summed E-state index contributed by atoms with van der Waals surface area (Å²) in [5, 5.41) is 11.9. The number of rotatable bonds is 6. The first-order valence-corrected chi connectivity index (χ1v) is 12.9. The topological polar surface area (TPSA) is 45.5 Å². The number of aromatic hydroxyl groups is 1. The third kappa shape index (κ3) is 5.11. The second kappa shape index (κ2) is 11.0. The number of nitrogens with zero attached hydrogens (tertiary/aromatic N) is 2. The van der Waals surface area contributed by atoms with Gasteiger partial charge in [0, 0.05) is 23.4 Å². The van der Waals surface area contributed by atoms with Crippen molar-refractivity contribution >= 4 is 34.0 Å². The number of phenols is 1. The molecule has 0 aliphatic rings. The fourth-order valence-corrected chi connectivity index (χ4v) is 4.87. The van der Waals surface area contributed by atoms with Gasteiger partial charge in [-0.25, -0.2) is 0 Å². The van der Waals surface area contributed by atoms with E-state index in [0.29, 0.717) is 5.56 Å². The van der Waals surface area contributed by atoms with E-state index in [0.717, 1.165) is 50.0 Å². The predicted octanol–water partition coefficient (Wildman–Crippen LogP) is 8.70. The molecule has 6 rings (SSSR count). The molecule has 186 valence electrons. The van der Waals surface area contributed by atoms with Crippen LogP contribution >= 0.6 is 0 Å². The molecule has 5 aromatic carbocycles. The molecular weight excluding hydrogens is 476 g/mol. The Morgan fingerprint density at radius 2 is 1.13 bits per heavy atom. The lowest BCUT2D eigenvalue weighted by Crippen LogP contribution is -1.98. The van der Waals surface area contributed by atoms with Gasteiger partial charge in [-0.05, 0) is 57.7 Å². The molecule has 0 radical (unpaired) electrons. The first kappa shape index (κ1) is 24.1. The van der Waals surface area contributed by atoms with E-state index in [1.54, 1.807) is 18.5 Å². The van der Waals surface area contributed by atoms with Crippen molar-refractivity contribution < 1.29 is 5.11 Å². The number of hydrogen-bond donors (Lipinski definition) is 1. The van der Waals surface area contributed by atoms with Gasteiger partial charge in [0.25, 0.3) is 0 Å². The minimum absolute atomic E-state index is 0.170. The molecule has 3 nitrogen and oxygen atoms in total. The van der Waals surface area contributed by atoms with Gasteiger partial charge >= 0.3 is 0 Å². The number of phenolic OH excluding ortho intramolecular Hbond substituents is 1. The number of aromatic nitrogens is 1. The van der Waals surface area contributed by atoms with Gasteiger partial charge in [-0.15, -0.1) is 0 Å². The molecule has 0 saturated heterocycles. The van der Waals surface area contributed by atoms with Crippen LogP contribution in [-0.2, 0) is 0 Å². The molecule has 3 heteroatoms. The summed E-state index contributed by atoms with van der Waals surface area (Å²) in [7, 11) is 0. The Kier molecular flexibility index (Phi) is 6.79. The van der Waals surface area contributed by atoms with Gasteiger partial charge < -0.3 is 5.11 Å². The summed E-state index contributed by atoms with van der Waals surface area (Å²) in [5.41, 5.74) is 8.72. The van der Waals surface area contributed by atoms with Crippen molar-refractivity contribution in [1.29, 1.82) is 0 Å². The van der Waals surface area contributed by atoms with Crippen molar-refractivity contribution in [2.24, 2.45) is 4.99 Å². The van der Waals surface area contributed by atoms with Crippen LogP contribution in [0.1, 0.15) is 27.8 Å².